The standard InChI is InChI=1S/C28H35N5O4/c1-28(2,3)31-27(35)32(16-19-9-10-19)18-25(34)30-26-29-24(20-7-6-8-23(15-20)37-5)17-33(26)21-11-13-22(36-4)14-12-21/h6-8,11-15,17,19H,9-10,16,18H2,1-5H3,(H,31,35)(H,29,30,34). The van der Waals surface area contributed by atoms with Crippen molar-refractivity contribution < 1.29 is 19.1 Å². The fraction of sp³-hybridized carbons (Fsp3) is 0.393. The van der Waals surface area contributed by atoms with Gasteiger partial charge in [-0.25, -0.2) is 9.78 Å². The van der Waals surface area contributed by atoms with E-state index in [0.29, 0.717) is 29.9 Å². The van der Waals surface area contributed by atoms with E-state index in [9.17, 15) is 9.59 Å². The summed E-state index contributed by atoms with van der Waals surface area (Å²) in [7, 11) is 3.23. The lowest BCUT2D eigenvalue weighted by Gasteiger charge is -2.28. The highest BCUT2D eigenvalue weighted by molar-refractivity contribution is 5.93. The summed E-state index contributed by atoms with van der Waals surface area (Å²) in [5, 5.41) is 5.90. The molecule has 3 amide bonds. The van der Waals surface area contributed by atoms with Crippen LogP contribution in [-0.2, 0) is 4.79 Å². The lowest BCUT2D eigenvalue weighted by atomic mass is 10.1. The second-order valence-electron chi connectivity index (χ2n) is 10.3. The van der Waals surface area contributed by atoms with E-state index in [1.165, 1.54) is 0 Å². The maximum Gasteiger partial charge on any atom is 0.318 e. The van der Waals surface area contributed by atoms with Gasteiger partial charge >= 0.3 is 6.03 Å². The number of urea groups is 1. The Balaban J connectivity index is 1.60. The number of benzene rings is 2. The van der Waals surface area contributed by atoms with E-state index in [2.05, 4.69) is 10.6 Å². The summed E-state index contributed by atoms with van der Waals surface area (Å²) in [4.78, 5) is 32.4. The molecular weight excluding hydrogens is 470 g/mol. The van der Waals surface area contributed by atoms with Crippen molar-refractivity contribution in [2.75, 3.05) is 32.6 Å². The molecule has 9 nitrogen and oxygen atoms in total. The van der Waals surface area contributed by atoms with Crippen LogP contribution < -0.4 is 20.1 Å². The first-order valence-corrected chi connectivity index (χ1v) is 12.4. The summed E-state index contributed by atoms with van der Waals surface area (Å²) in [6, 6.07) is 14.8. The van der Waals surface area contributed by atoms with Gasteiger partial charge in [-0.3, -0.25) is 14.7 Å². The molecular formula is C28H35N5O4. The zero-order valence-corrected chi connectivity index (χ0v) is 22.1. The van der Waals surface area contributed by atoms with Gasteiger partial charge in [0.05, 0.1) is 19.9 Å². The first-order valence-electron chi connectivity index (χ1n) is 12.4. The highest BCUT2D eigenvalue weighted by Gasteiger charge is 2.30. The topological polar surface area (TPSA) is 97.7 Å². The van der Waals surface area contributed by atoms with Crippen LogP contribution in [-0.4, -0.2) is 59.2 Å². The molecule has 1 heterocycles. The van der Waals surface area contributed by atoms with Crippen LogP contribution in [0.15, 0.2) is 54.7 Å². The number of methoxy groups -OCH3 is 2. The number of carbonyl (C=O) groups excluding carboxylic acids is 2. The lowest BCUT2D eigenvalue weighted by Crippen LogP contribution is -2.51. The number of nitrogens with zero attached hydrogens (tertiary/aromatic N) is 3. The Kier molecular flexibility index (Phi) is 7.71. The highest BCUT2D eigenvalue weighted by atomic mass is 16.5. The Labute approximate surface area is 217 Å². The molecule has 1 fully saturated rings. The van der Waals surface area contributed by atoms with Crippen LogP contribution in [0.1, 0.15) is 33.6 Å². The third-order valence-electron chi connectivity index (χ3n) is 5.95. The molecule has 0 radical (unpaired) electrons. The van der Waals surface area contributed by atoms with Crippen molar-refractivity contribution in [3.63, 3.8) is 0 Å². The minimum Gasteiger partial charge on any atom is -0.497 e. The van der Waals surface area contributed by atoms with E-state index in [0.717, 1.165) is 29.8 Å². The maximum atomic E-state index is 13.2. The van der Waals surface area contributed by atoms with Gasteiger partial charge < -0.3 is 19.7 Å². The van der Waals surface area contributed by atoms with Crippen LogP contribution in [0.3, 0.4) is 0 Å². The molecule has 0 saturated heterocycles. The van der Waals surface area contributed by atoms with Crippen molar-refractivity contribution in [1.29, 1.82) is 0 Å². The van der Waals surface area contributed by atoms with Crippen LogP contribution in [0.5, 0.6) is 11.5 Å². The number of hydrogen-bond donors (Lipinski definition) is 2. The zero-order valence-electron chi connectivity index (χ0n) is 22.1. The summed E-state index contributed by atoms with van der Waals surface area (Å²) in [5.41, 5.74) is 1.93. The van der Waals surface area contributed by atoms with Gasteiger partial charge in [0.2, 0.25) is 11.9 Å². The Bertz CT molecular complexity index is 1240. The Morgan fingerprint density at radius 1 is 1.05 bits per heavy atom. The van der Waals surface area contributed by atoms with Gasteiger partial charge in [0.25, 0.3) is 0 Å². The van der Waals surface area contributed by atoms with Crippen molar-refractivity contribution in [3.8, 4) is 28.4 Å². The summed E-state index contributed by atoms with van der Waals surface area (Å²) in [6.07, 6.45) is 4.01. The molecule has 1 aromatic heterocycles. The summed E-state index contributed by atoms with van der Waals surface area (Å²) >= 11 is 0. The van der Waals surface area contributed by atoms with E-state index in [-0.39, 0.29) is 18.5 Å². The van der Waals surface area contributed by atoms with E-state index >= 15 is 0 Å². The molecule has 3 aromatic rings. The number of amides is 3. The van der Waals surface area contributed by atoms with Crippen LogP contribution in [0.4, 0.5) is 10.7 Å². The van der Waals surface area contributed by atoms with Crippen molar-refractivity contribution in [3.05, 3.63) is 54.7 Å². The smallest absolute Gasteiger partial charge is 0.318 e. The molecule has 0 atom stereocenters. The molecule has 0 aliphatic heterocycles. The largest absolute Gasteiger partial charge is 0.497 e. The number of ether oxygens (including phenoxy) is 2. The maximum absolute atomic E-state index is 13.2. The van der Waals surface area contributed by atoms with Crippen molar-refractivity contribution in [1.82, 2.24) is 19.8 Å². The molecule has 0 bridgehead atoms. The van der Waals surface area contributed by atoms with Crippen LogP contribution in [0, 0.1) is 5.92 Å². The molecule has 9 heteroatoms. The van der Waals surface area contributed by atoms with Gasteiger partial charge in [-0.15, -0.1) is 0 Å². The van der Waals surface area contributed by atoms with Crippen molar-refractivity contribution in [2.45, 2.75) is 39.2 Å². The minimum atomic E-state index is -0.397. The first kappa shape index (κ1) is 26.1. The van der Waals surface area contributed by atoms with Crippen LogP contribution >= 0.6 is 0 Å². The quantitative estimate of drug-likeness (QED) is 0.439. The number of aromatic nitrogens is 2. The third kappa shape index (κ3) is 7.03. The number of carbonyl (C=O) groups is 2. The molecule has 4 rings (SSSR count). The second kappa shape index (κ2) is 10.9. The predicted octanol–water partition coefficient (Wildman–Crippen LogP) is 4.72. The SMILES string of the molecule is COc1ccc(-n2cc(-c3cccc(OC)c3)nc2NC(=O)CN(CC2CC2)C(=O)NC(C)(C)C)cc1. The Morgan fingerprint density at radius 3 is 2.38 bits per heavy atom. The molecule has 2 aromatic carbocycles. The van der Waals surface area contributed by atoms with Crippen molar-refractivity contribution in [2.24, 2.45) is 5.92 Å². The third-order valence-corrected chi connectivity index (χ3v) is 5.95. The van der Waals surface area contributed by atoms with Gasteiger partial charge in [-0.1, -0.05) is 12.1 Å². The molecule has 196 valence electrons. The molecule has 1 aliphatic rings. The number of nitrogens with one attached hydrogen (secondary N) is 2. The number of hydrogen-bond acceptors (Lipinski definition) is 5. The van der Waals surface area contributed by atoms with Gasteiger partial charge in [0.15, 0.2) is 0 Å². The minimum absolute atomic E-state index is 0.0671. The highest BCUT2D eigenvalue weighted by Crippen LogP contribution is 2.30. The normalized spacial score (nSPS) is 13.1. The van der Waals surface area contributed by atoms with Gasteiger partial charge in [-0.2, -0.15) is 0 Å². The van der Waals surface area contributed by atoms with E-state index in [1.54, 1.807) is 19.1 Å². The molecule has 1 aliphatic carbocycles. The van der Waals surface area contributed by atoms with Crippen molar-refractivity contribution >= 4 is 17.9 Å². The van der Waals surface area contributed by atoms with Gasteiger partial charge in [0, 0.05) is 29.5 Å². The molecule has 2 N–H and O–H groups in total. The molecule has 0 unspecified atom stereocenters. The first-order chi connectivity index (χ1) is 17.6. The lowest BCUT2D eigenvalue weighted by molar-refractivity contribution is -0.116. The summed E-state index contributed by atoms with van der Waals surface area (Å²) in [5.74, 6) is 1.92. The zero-order chi connectivity index (χ0) is 26.6. The molecule has 0 spiro atoms. The van der Waals surface area contributed by atoms with Crippen LogP contribution in [0.2, 0.25) is 0 Å². The average molecular weight is 506 g/mol. The number of imidazole rings is 1. The van der Waals surface area contributed by atoms with Gasteiger partial charge in [-0.05, 0) is 75.9 Å². The monoisotopic (exact) mass is 505 g/mol. The summed E-state index contributed by atoms with van der Waals surface area (Å²) in [6.45, 7) is 6.25. The van der Waals surface area contributed by atoms with Gasteiger partial charge in [0.1, 0.15) is 18.0 Å². The van der Waals surface area contributed by atoms with Crippen LogP contribution in [0.25, 0.3) is 16.9 Å². The summed E-state index contributed by atoms with van der Waals surface area (Å²) < 4.78 is 12.5. The second-order valence-corrected chi connectivity index (χ2v) is 10.3. The molecule has 37 heavy (non-hydrogen) atoms. The van der Waals surface area contributed by atoms with E-state index in [4.69, 9.17) is 14.5 Å². The fourth-order valence-electron chi connectivity index (χ4n) is 3.90. The number of anilines is 1. The Hall–Kier alpha value is -4.01. The fourth-order valence-corrected chi connectivity index (χ4v) is 3.90. The van der Waals surface area contributed by atoms with E-state index < -0.39 is 5.54 Å². The molecule has 1 saturated carbocycles. The van der Waals surface area contributed by atoms with E-state index in [1.807, 2.05) is 80.1 Å². The average Bonchev–Trinajstić information content (AvgIpc) is 3.59. The number of rotatable bonds is 9. The Morgan fingerprint density at radius 2 is 1.76 bits per heavy atom. The predicted molar refractivity (Wildman–Crippen MR) is 143 cm³/mol.